The normalized spacial score (nSPS) is 12.0. The second kappa shape index (κ2) is 6.44. The molecule has 0 rings (SSSR count). The van der Waals surface area contributed by atoms with Gasteiger partial charge in [-0.1, -0.05) is 12.8 Å². The lowest BCUT2D eigenvalue weighted by atomic mass is 10.2. The fourth-order valence-corrected chi connectivity index (χ4v) is 0.946. The van der Waals surface area contributed by atoms with Crippen molar-refractivity contribution in [3.8, 4) is 0 Å². The maximum absolute atomic E-state index is 8.52. The highest BCUT2D eigenvalue weighted by Crippen LogP contribution is 2.08. The van der Waals surface area contributed by atoms with E-state index in [0.717, 1.165) is 32.3 Å². The maximum Gasteiger partial charge on any atom is 0.0598 e. The van der Waals surface area contributed by atoms with Crippen LogP contribution in [0.2, 0.25) is 0 Å². The Morgan fingerprint density at radius 3 is 2.08 bits per heavy atom. The van der Waals surface area contributed by atoms with Crippen LogP contribution in [0.25, 0.3) is 0 Å². The first-order valence-corrected chi connectivity index (χ1v) is 4.81. The molecule has 0 aliphatic carbocycles. The molecule has 0 aromatic heterocycles. The zero-order valence-corrected chi connectivity index (χ0v) is 8.60. The molecule has 0 spiro atoms. The molecule has 12 heavy (non-hydrogen) atoms. The molecule has 2 nitrogen and oxygen atoms in total. The first-order valence-electron chi connectivity index (χ1n) is 4.81. The zero-order chi connectivity index (χ0) is 9.45. The molecule has 0 unspecified atom stereocenters. The molecule has 0 atom stereocenters. The van der Waals surface area contributed by atoms with Gasteiger partial charge in [0.05, 0.1) is 5.60 Å². The molecule has 0 saturated heterocycles. The lowest BCUT2D eigenvalue weighted by molar-refractivity contribution is -0.00482. The Morgan fingerprint density at radius 2 is 1.58 bits per heavy atom. The van der Waals surface area contributed by atoms with Crippen LogP contribution in [0.4, 0.5) is 0 Å². The second-order valence-electron chi connectivity index (χ2n) is 4.10. The van der Waals surface area contributed by atoms with Crippen molar-refractivity contribution in [2.24, 2.45) is 0 Å². The third-order valence-electron chi connectivity index (χ3n) is 1.59. The number of ether oxygens (including phenoxy) is 1. The molecule has 2 heteroatoms. The Morgan fingerprint density at radius 1 is 1.00 bits per heavy atom. The van der Waals surface area contributed by atoms with Gasteiger partial charge in [0.25, 0.3) is 0 Å². The van der Waals surface area contributed by atoms with E-state index in [1.807, 2.05) is 0 Å². The summed E-state index contributed by atoms with van der Waals surface area (Å²) in [5.41, 5.74) is -0.00300. The predicted octanol–water partition coefficient (Wildman–Crippen LogP) is 2.35. The van der Waals surface area contributed by atoms with Crippen molar-refractivity contribution in [2.75, 3.05) is 13.2 Å². The fourth-order valence-electron chi connectivity index (χ4n) is 0.946. The summed E-state index contributed by atoms with van der Waals surface area (Å²) in [4.78, 5) is 0. The molecule has 0 aliphatic heterocycles. The summed E-state index contributed by atoms with van der Waals surface area (Å²) in [6.07, 6.45) is 4.31. The number of hydrogen-bond donors (Lipinski definition) is 1. The Balaban J connectivity index is 3.01. The Labute approximate surface area is 75.9 Å². The van der Waals surface area contributed by atoms with Crippen LogP contribution in [-0.2, 0) is 4.74 Å². The molecular weight excluding hydrogens is 152 g/mol. The molecule has 0 fully saturated rings. The smallest absolute Gasteiger partial charge is 0.0598 e. The van der Waals surface area contributed by atoms with Gasteiger partial charge in [-0.3, -0.25) is 0 Å². The summed E-state index contributed by atoms with van der Waals surface area (Å²) < 4.78 is 5.55. The zero-order valence-electron chi connectivity index (χ0n) is 8.60. The first-order chi connectivity index (χ1) is 5.56. The molecule has 1 N–H and O–H groups in total. The number of aliphatic hydroxyl groups is 1. The number of aliphatic hydroxyl groups excluding tert-OH is 1. The van der Waals surface area contributed by atoms with Crippen LogP contribution < -0.4 is 0 Å². The van der Waals surface area contributed by atoms with Crippen LogP contribution in [0.1, 0.15) is 46.5 Å². The SMILES string of the molecule is CC(C)(C)OCCCCCCO. The average molecular weight is 174 g/mol. The summed E-state index contributed by atoms with van der Waals surface area (Å²) in [5.74, 6) is 0. The lowest BCUT2D eigenvalue weighted by Gasteiger charge is -2.19. The molecule has 0 bridgehead atoms. The highest BCUT2D eigenvalue weighted by atomic mass is 16.5. The Hall–Kier alpha value is -0.0800. The summed E-state index contributed by atoms with van der Waals surface area (Å²) in [5, 5.41) is 8.52. The van der Waals surface area contributed by atoms with E-state index in [9.17, 15) is 0 Å². The summed E-state index contributed by atoms with van der Waals surface area (Å²) >= 11 is 0. The molecule has 0 heterocycles. The Kier molecular flexibility index (Phi) is 6.39. The fraction of sp³-hybridized carbons (Fsp3) is 1.00. The quantitative estimate of drug-likeness (QED) is 0.626. The van der Waals surface area contributed by atoms with Gasteiger partial charge in [-0.15, -0.1) is 0 Å². The van der Waals surface area contributed by atoms with E-state index in [1.165, 1.54) is 0 Å². The number of rotatable bonds is 6. The average Bonchev–Trinajstić information content (AvgIpc) is 1.94. The van der Waals surface area contributed by atoms with Gasteiger partial charge in [-0.05, 0) is 33.6 Å². The lowest BCUT2D eigenvalue weighted by Crippen LogP contribution is -2.19. The van der Waals surface area contributed by atoms with Gasteiger partial charge in [0.15, 0.2) is 0 Å². The number of hydrogen-bond acceptors (Lipinski definition) is 2. The van der Waals surface area contributed by atoms with Gasteiger partial charge in [0.2, 0.25) is 0 Å². The topological polar surface area (TPSA) is 29.5 Å². The Bertz CT molecular complexity index is 94.5. The predicted molar refractivity (Wildman–Crippen MR) is 51.3 cm³/mol. The van der Waals surface area contributed by atoms with E-state index in [1.54, 1.807) is 0 Å². The van der Waals surface area contributed by atoms with Crippen LogP contribution in [0.15, 0.2) is 0 Å². The minimum Gasteiger partial charge on any atom is -0.396 e. The van der Waals surface area contributed by atoms with Crippen molar-refractivity contribution in [3.63, 3.8) is 0 Å². The van der Waals surface area contributed by atoms with Crippen molar-refractivity contribution in [3.05, 3.63) is 0 Å². The maximum atomic E-state index is 8.52. The van der Waals surface area contributed by atoms with Crippen LogP contribution in [0.5, 0.6) is 0 Å². The highest BCUT2D eigenvalue weighted by molar-refractivity contribution is 4.58. The molecule has 0 amide bonds. The number of unbranched alkanes of at least 4 members (excludes halogenated alkanes) is 3. The van der Waals surface area contributed by atoms with E-state index >= 15 is 0 Å². The monoisotopic (exact) mass is 174 g/mol. The van der Waals surface area contributed by atoms with Crippen LogP contribution in [0, 0.1) is 0 Å². The molecule has 0 saturated carbocycles. The summed E-state index contributed by atoms with van der Waals surface area (Å²) in [7, 11) is 0. The molecular formula is C10H22O2. The highest BCUT2D eigenvalue weighted by Gasteiger charge is 2.08. The van der Waals surface area contributed by atoms with Crippen molar-refractivity contribution in [1.82, 2.24) is 0 Å². The van der Waals surface area contributed by atoms with Gasteiger partial charge in [0, 0.05) is 13.2 Å². The third-order valence-corrected chi connectivity index (χ3v) is 1.59. The van der Waals surface area contributed by atoms with E-state index < -0.39 is 0 Å². The van der Waals surface area contributed by atoms with Crippen LogP contribution >= 0.6 is 0 Å². The largest absolute Gasteiger partial charge is 0.396 e. The van der Waals surface area contributed by atoms with Gasteiger partial charge >= 0.3 is 0 Å². The van der Waals surface area contributed by atoms with Gasteiger partial charge in [-0.2, -0.15) is 0 Å². The van der Waals surface area contributed by atoms with E-state index in [2.05, 4.69) is 20.8 Å². The van der Waals surface area contributed by atoms with E-state index in [-0.39, 0.29) is 5.60 Å². The van der Waals surface area contributed by atoms with Crippen molar-refractivity contribution >= 4 is 0 Å². The van der Waals surface area contributed by atoms with Crippen LogP contribution in [-0.4, -0.2) is 23.9 Å². The van der Waals surface area contributed by atoms with Crippen molar-refractivity contribution in [1.29, 1.82) is 0 Å². The molecule has 0 aromatic rings. The van der Waals surface area contributed by atoms with Gasteiger partial charge in [0.1, 0.15) is 0 Å². The molecule has 0 aromatic carbocycles. The minimum absolute atomic E-state index is 0.00300. The standard InChI is InChI=1S/C10H22O2/c1-10(2,3)12-9-7-5-4-6-8-11/h11H,4-9H2,1-3H3. The summed E-state index contributed by atoms with van der Waals surface area (Å²) in [6.45, 7) is 7.37. The van der Waals surface area contributed by atoms with Gasteiger partial charge in [-0.25, -0.2) is 0 Å². The van der Waals surface area contributed by atoms with Crippen LogP contribution in [0.3, 0.4) is 0 Å². The third kappa shape index (κ3) is 9.92. The van der Waals surface area contributed by atoms with Crippen molar-refractivity contribution in [2.45, 2.75) is 52.1 Å². The van der Waals surface area contributed by atoms with Gasteiger partial charge < -0.3 is 9.84 Å². The first kappa shape index (κ1) is 11.9. The second-order valence-corrected chi connectivity index (χ2v) is 4.10. The summed E-state index contributed by atoms with van der Waals surface area (Å²) in [6, 6.07) is 0. The van der Waals surface area contributed by atoms with Crippen molar-refractivity contribution < 1.29 is 9.84 Å². The molecule has 0 aliphatic rings. The minimum atomic E-state index is -0.00300. The molecule has 0 radical (unpaired) electrons. The van der Waals surface area contributed by atoms with E-state index in [4.69, 9.17) is 9.84 Å². The van der Waals surface area contributed by atoms with E-state index in [0.29, 0.717) is 6.61 Å². The molecule has 74 valence electrons.